The van der Waals surface area contributed by atoms with Crippen LogP contribution in [0.15, 0.2) is 58.3 Å². The summed E-state index contributed by atoms with van der Waals surface area (Å²) in [5.41, 5.74) is 1.02. The van der Waals surface area contributed by atoms with E-state index in [9.17, 15) is 9.59 Å². The number of benzene rings is 1. The van der Waals surface area contributed by atoms with Crippen molar-refractivity contribution in [1.29, 1.82) is 0 Å². The fourth-order valence-corrected chi connectivity index (χ4v) is 3.60. The van der Waals surface area contributed by atoms with E-state index in [-0.39, 0.29) is 0 Å². The number of pyridine rings is 1. The van der Waals surface area contributed by atoms with Gasteiger partial charge in [0.05, 0.1) is 0 Å². The molecule has 1 saturated heterocycles. The second kappa shape index (κ2) is 7.40. The molecule has 27 heavy (non-hydrogen) atoms. The number of rotatable bonds is 5. The van der Waals surface area contributed by atoms with Gasteiger partial charge in [-0.3, -0.25) is 9.59 Å². The maximum Gasteiger partial charge on any atom is 0.253 e. The first kappa shape index (κ1) is 17.5. The Morgan fingerprint density at radius 2 is 1.74 bits per heavy atom. The van der Waals surface area contributed by atoms with Gasteiger partial charge in [0.25, 0.3) is 10.9 Å². The van der Waals surface area contributed by atoms with Crippen LogP contribution in [0.5, 0.6) is 0 Å². The first-order valence-corrected chi connectivity index (χ1v) is 9.24. The number of anilines is 3. The smallest absolute Gasteiger partial charge is 0.253 e. The average molecular weight is 383 g/mol. The molecule has 0 bridgehead atoms. The van der Waals surface area contributed by atoms with Gasteiger partial charge in [0, 0.05) is 43.9 Å². The van der Waals surface area contributed by atoms with Crippen molar-refractivity contribution in [2.24, 2.45) is 0 Å². The summed E-state index contributed by atoms with van der Waals surface area (Å²) in [5, 5.41) is 3.76. The SMILES string of the molecule is O=c1c(NCc2cccc(Cl)c2)c(N2CCN(c3ccccn3)CC2)c1=O. The number of halogens is 1. The van der Waals surface area contributed by atoms with E-state index >= 15 is 0 Å². The summed E-state index contributed by atoms with van der Waals surface area (Å²) >= 11 is 6.00. The third-order valence-corrected chi connectivity index (χ3v) is 5.05. The molecule has 0 unspecified atom stereocenters. The molecule has 0 atom stereocenters. The lowest BCUT2D eigenvalue weighted by Gasteiger charge is -2.37. The van der Waals surface area contributed by atoms with Gasteiger partial charge in [0.1, 0.15) is 17.2 Å². The summed E-state index contributed by atoms with van der Waals surface area (Å²) in [6.07, 6.45) is 1.77. The summed E-state index contributed by atoms with van der Waals surface area (Å²) < 4.78 is 0. The molecule has 1 N–H and O–H groups in total. The van der Waals surface area contributed by atoms with E-state index in [1.165, 1.54) is 0 Å². The Kier molecular flexibility index (Phi) is 4.81. The molecule has 0 aliphatic carbocycles. The molecule has 138 valence electrons. The molecule has 0 radical (unpaired) electrons. The molecule has 0 saturated carbocycles. The molecule has 2 aromatic carbocycles. The van der Waals surface area contributed by atoms with E-state index < -0.39 is 10.9 Å². The third-order valence-electron chi connectivity index (χ3n) is 4.81. The summed E-state index contributed by atoms with van der Waals surface area (Å²) in [6.45, 7) is 3.31. The number of aromatic nitrogens is 1. The van der Waals surface area contributed by atoms with E-state index in [4.69, 9.17) is 11.6 Å². The Labute approximate surface area is 161 Å². The van der Waals surface area contributed by atoms with Gasteiger partial charge in [0.2, 0.25) is 0 Å². The Morgan fingerprint density at radius 1 is 0.963 bits per heavy atom. The van der Waals surface area contributed by atoms with Crippen LogP contribution in [0.1, 0.15) is 5.56 Å². The minimum absolute atomic E-state index is 0.408. The van der Waals surface area contributed by atoms with Gasteiger partial charge >= 0.3 is 0 Å². The minimum Gasteiger partial charge on any atom is -0.376 e. The molecule has 1 fully saturated rings. The summed E-state index contributed by atoms with van der Waals surface area (Å²) in [6, 6.07) is 13.3. The van der Waals surface area contributed by atoms with Crippen LogP contribution in [0.4, 0.5) is 17.2 Å². The van der Waals surface area contributed by atoms with E-state index in [1.54, 1.807) is 12.3 Å². The third kappa shape index (κ3) is 3.53. The molecule has 3 aromatic rings. The molecule has 1 aromatic heterocycles. The van der Waals surface area contributed by atoms with Gasteiger partial charge in [-0.15, -0.1) is 0 Å². The number of nitrogens with zero attached hydrogens (tertiary/aromatic N) is 3. The monoisotopic (exact) mass is 382 g/mol. The quantitative estimate of drug-likeness (QED) is 0.683. The highest BCUT2D eigenvalue weighted by atomic mass is 35.5. The molecule has 6 nitrogen and oxygen atoms in total. The molecule has 0 spiro atoms. The lowest BCUT2D eigenvalue weighted by Crippen LogP contribution is -2.51. The van der Waals surface area contributed by atoms with Crippen molar-refractivity contribution in [2.75, 3.05) is 41.3 Å². The molecule has 1 aliphatic heterocycles. The van der Waals surface area contributed by atoms with Gasteiger partial charge in [0.15, 0.2) is 0 Å². The summed E-state index contributed by atoms with van der Waals surface area (Å²) in [4.78, 5) is 32.7. The van der Waals surface area contributed by atoms with Crippen LogP contribution in [0.2, 0.25) is 5.02 Å². The zero-order chi connectivity index (χ0) is 18.8. The van der Waals surface area contributed by atoms with Crippen molar-refractivity contribution in [1.82, 2.24) is 4.98 Å². The number of nitrogens with one attached hydrogen (secondary N) is 1. The van der Waals surface area contributed by atoms with Crippen molar-refractivity contribution < 1.29 is 0 Å². The molecule has 4 rings (SSSR count). The van der Waals surface area contributed by atoms with Crippen molar-refractivity contribution in [3.8, 4) is 0 Å². The van der Waals surface area contributed by atoms with Crippen molar-refractivity contribution in [3.63, 3.8) is 0 Å². The number of hydrogen-bond donors (Lipinski definition) is 1. The average Bonchev–Trinajstić information content (AvgIpc) is 2.71. The lowest BCUT2D eigenvalue weighted by atomic mass is 10.1. The highest BCUT2D eigenvalue weighted by Crippen LogP contribution is 2.24. The standard InChI is InChI=1S/C20H19ClN4O2/c21-15-5-3-4-14(12-15)13-23-17-18(20(27)19(17)26)25-10-8-24(9-11-25)16-6-1-2-7-22-16/h1-7,12,23H,8-11,13H2. The molecule has 2 heterocycles. The van der Waals surface area contributed by atoms with Crippen LogP contribution in [0.25, 0.3) is 0 Å². The van der Waals surface area contributed by atoms with Crippen LogP contribution in [0.3, 0.4) is 0 Å². The van der Waals surface area contributed by atoms with Gasteiger partial charge in [-0.05, 0) is 29.8 Å². The Balaban J connectivity index is 1.44. The van der Waals surface area contributed by atoms with Crippen molar-refractivity contribution >= 4 is 28.8 Å². The van der Waals surface area contributed by atoms with E-state index in [0.717, 1.165) is 24.5 Å². The van der Waals surface area contributed by atoms with Crippen LogP contribution in [-0.2, 0) is 6.54 Å². The molecule has 7 heteroatoms. The second-order valence-corrected chi connectivity index (χ2v) is 6.96. The highest BCUT2D eigenvalue weighted by Gasteiger charge is 2.28. The first-order valence-electron chi connectivity index (χ1n) is 8.86. The topological polar surface area (TPSA) is 65.5 Å². The minimum atomic E-state index is -0.445. The Bertz CT molecular complexity index is 1010. The van der Waals surface area contributed by atoms with Gasteiger partial charge in [-0.25, -0.2) is 4.98 Å². The van der Waals surface area contributed by atoms with Crippen molar-refractivity contribution in [3.05, 3.63) is 79.7 Å². The van der Waals surface area contributed by atoms with Crippen LogP contribution < -0.4 is 26.0 Å². The van der Waals surface area contributed by atoms with Gasteiger partial charge < -0.3 is 15.1 Å². The maximum atomic E-state index is 12.2. The largest absolute Gasteiger partial charge is 0.376 e. The predicted octanol–water partition coefficient (Wildman–Crippen LogP) is 2.27. The zero-order valence-electron chi connectivity index (χ0n) is 14.7. The van der Waals surface area contributed by atoms with Gasteiger partial charge in [-0.1, -0.05) is 29.8 Å². The normalized spacial score (nSPS) is 14.6. The van der Waals surface area contributed by atoms with E-state index in [2.05, 4.69) is 15.2 Å². The second-order valence-electron chi connectivity index (χ2n) is 6.53. The Hall–Kier alpha value is -2.86. The number of hydrogen-bond acceptors (Lipinski definition) is 6. The van der Waals surface area contributed by atoms with Gasteiger partial charge in [-0.2, -0.15) is 0 Å². The highest BCUT2D eigenvalue weighted by molar-refractivity contribution is 6.30. The maximum absolute atomic E-state index is 12.2. The lowest BCUT2D eigenvalue weighted by molar-refractivity contribution is 0.644. The first-order chi connectivity index (χ1) is 13.1. The van der Waals surface area contributed by atoms with E-state index in [1.807, 2.05) is 41.3 Å². The molecular formula is C20H19ClN4O2. The predicted molar refractivity (Wildman–Crippen MR) is 109 cm³/mol. The summed E-state index contributed by atoms with van der Waals surface area (Å²) in [5.74, 6) is 0.932. The van der Waals surface area contributed by atoms with Crippen molar-refractivity contribution in [2.45, 2.75) is 6.54 Å². The van der Waals surface area contributed by atoms with Crippen LogP contribution in [0, 0.1) is 0 Å². The zero-order valence-corrected chi connectivity index (χ0v) is 15.4. The fraction of sp³-hybridized carbons (Fsp3) is 0.250. The Morgan fingerprint density at radius 3 is 2.44 bits per heavy atom. The summed E-state index contributed by atoms with van der Waals surface area (Å²) in [7, 11) is 0. The number of piperazine rings is 1. The van der Waals surface area contributed by atoms with Crippen LogP contribution >= 0.6 is 11.6 Å². The van der Waals surface area contributed by atoms with Crippen LogP contribution in [-0.4, -0.2) is 31.2 Å². The fourth-order valence-electron chi connectivity index (χ4n) is 3.38. The van der Waals surface area contributed by atoms with E-state index in [0.29, 0.717) is 36.0 Å². The molecule has 0 amide bonds. The molecular weight excluding hydrogens is 364 g/mol. The molecule has 1 aliphatic rings.